The number of nitrogens with zero attached hydrogens (tertiary/aromatic N) is 3. The number of nitrogens with one attached hydrogen (secondary N) is 3. The first kappa shape index (κ1) is 29.5. The van der Waals surface area contributed by atoms with Gasteiger partial charge in [0.05, 0.1) is 17.8 Å². The number of anilines is 3. The second-order valence-corrected chi connectivity index (χ2v) is 9.79. The lowest BCUT2D eigenvalue weighted by Gasteiger charge is -2.12. The summed E-state index contributed by atoms with van der Waals surface area (Å²) in [5.41, 5.74) is 9.25. The van der Waals surface area contributed by atoms with E-state index in [0.29, 0.717) is 35.1 Å². The van der Waals surface area contributed by atoms with E-state index in [1.165, 1.54) is 0 Å². The summed E-state index contributed by atoms with van der Waals surface area (Å²) in [6.07, 6.45) is 6.30. The maximum absolute atomic E-state index is 12.5. The maximum Gasteiger partial charge on any atom is 0.234 e. The van der Waals surface area contributed by atoms with Gasteiger partial charge in [0.15, 0.2) is 5.16 Å². The van der Waals surface area contributed by atoms with Gasteiger partial charge in [-0.25, -0.2) is 15.0 Å². The number of amides is 2. The summed E-state index contributed by atoms with van der Waals surface area (Å²) in [6, 6.07) is 12.6. The van der Waals surface area contributed by atoms with Gasteiger partial charge in [-0.15, -0.1) is 0 Å². The predicted molar refractivity (Wildman–Crippen MR) is 154 cm³/mol. The molecule has 0 atom stereocenters. The summed E-state index contributed by atoms with van der Waals surface area (Å²) < 4.78 is 0. The van der Waals surface area contributed by atoms with Crippen LogP contribution in [0.25, 0.3) is 0 Å². The average molecular weight is 568 g/mol. The maximum atomic E-state index is 12.5. The van der Waals surface area contributed by atoms with Crippen molar-refractivity contribution in [3.63, 3.8) is 0 Å². The molecule has 12 heteroatoms. The minimum absolute atomic E-state index is 0.0224. The van der Waals surface area contributed by atoms with Crippen LogP contribution in [-0.2, 0) is 16.0 Å². The Hall–Kier alpha value is -4.09. The Bertz CT molecular complexity index is 1380. The Morgan fingerprint density at radius 3 is 2.59 bits per heavy atom. The van der Waals surface area contributed by atoms with Crippen molar-refractivity contribution in [3.05, 3.63) is 83.0 Å². The van der Waals surface area contributed by atoms with Crippen molar-refractivity contribution in [1.29, 1.82) is 0 Å². The van der Waals surface area contributed by atoms with E-state index < -0.39 is 5.91 Å². The van der Waals surface area contributed by atoms with Crippen molar-refractivity contribution in [3.8, 4) is 5.75 Å². The zero-order chi connectivity index (χ0) is 28.2. The molecule has 0 saturated carbocycles. The van der Waals surface area contributed by atoms with Crippen LogP contribution >= 0.6 is 23.4 Å². The van der Waals surface area contributed by atoms with Gasteiger partial charge in [-0.05, 0) is 55.5 Å². The Balaban J connectivity index is 0.000000753. The van der Waals surface area contributed by atoms with E-state index in [2.05, 4.69) is 30.6 Å². The number of primary amides is 1. The molecule has 0 saturated heterocycles. The highest BCUT2D eigenvalue weighted by Crippen LogP contribution is 2.29. The molecule has 2 aromatic heterocycles. The highest BCUT2D eigenvalue weighted by atomic mass is 35.5. The lowest BCUT2D eigenvalue weighted by molar-refractivity contribution is -0.118. The molecule has 0 bridgehead atoms. The molecule has 10 nitrogen and oxygen atoms in total. The average Bonchev–Trinajstić information content (AvgIpc) is 3.48. The molecule has 0 aliphatic heterocycles. The van der Waals surface area contributed by atoms with Crippen LogP contribution in [0.15, 0.2) is 66.3 Å². The van der Waals surface area contributed by atoms with Crippen LogP contribution in [0.1, 0.15) is 29.5 Å². The van der Waals surface area contributed by atoms with Gasteiger partial charge in [0.25, 0.3) is 0 Å². The first-order valence-electron chi connectivity index (χ1n) is 12.0. The SMILES string of the molecule is Cc1cccc(Nc2cc(Cl)nc(SCC(=O)Nc3cccc(CCCC(N)=O)c3O)n2)c1C.c1c[nH]cn1. The van der Waals surface area contributed by atoms with Gasteiger partial charge in [0.1, 0.15) is 16.7 Å². The Morgan fingerprint density at radius 2 is 1.90 bits per heavy atom. The number of hydrogen-bond acceptors (Lipinski definition) is 8. The summed E-state index contributed by atoms with van der Waals surface area (Å²) in [5, 5.41) is 17.0. The normalized spacial score (nSPS) is 10.3. The summed E-state index contributed by atoms with van der Waals surface area (Å²) >= 11 is 7.29. The van der Waals surface area contributed by atoms with Crippen molar-refractivity contribution in [2.45, 2.75) is 38.3 Å². The Labute approximate surface area is 235 Å². The molecule has 6 N–H and O–H groups in total. The van der Waals surface area contributed by atoms with Crippen LogP contribution in [-0.4, -0.2) is 42.6 Å². The van der Waals surface area contributed by atoms with E-state index in [4.69, 9.17) is 17.3 Å². The molecular weight excluding hydrogens is 538 g/mol. The molecule has 0 fully saturated rings. The lowest BCUT2D eigenvalue weighted by Crippen LogP contribution is -2.15. The number of imidazole rings is 1. The molecular formula is C27H30ClN7O3S. The second-order valence-electron chi connectivity index (χ2n) is 8.46. The number of rotatable bonds is 10. The fourth-order valence-electron chi connectivity index (χ4n) is 3.43. The number of nitrogens with two attached hydrogens (primary N) is 1. The predicted octanol–water partition coefficient (Wildman–Crippen LogP) is 5.14. The van der Waals surface area contributed by atoms with Crippen LogP contribution < -0.4 is 16.4 Å². The first-order valence-corrected chi connectivity index (χ1v) is 13.4. The van der Waals surface area contributed by atoms with Crippen molar-refractivity contribution in [2.75, 3.05) is 16.4 Å². The number of aromatic hydroxyl groups is 1. The number of para-hydroxylation sites is 1. The van der Waals surface area contributed by atoms with E-state index in [1.807, 2.05) is 32.0 Å². The number of phenols is 1. The second kappa shape index (κ2) is 14.7. The molecule has 4 rings (SSSR count). The molecule has 0 spiro atoms. The number of H-pyrrole nitrogens is 1. The van der Waals surface area contributed by atoms with E-state index in [-0.39, 0.29) is 29.0 Å². The molecule has 204 valence electrons. The minimum Gasteiger partial charge on any atom is -0.505 e. The number of aryl methyl sites for hydroxylation is 2. The molecule has 0 aliphatic rings. The van der Waals surface area contributed by atoms with Crippen LogP contribution in [0.5, 0.6) is 5.75 Å². The zero-order valence-electron chi connectivity index (χ0n) is 21.6. The highest BCUT2D eigenvalue weighted by Gasteiger charge is 2.13. The van der Waals surface area contributed by atoms with Crippen molar-refractivity contribution in [2.24, 2.45) is 5.73 Å². The van der Waals surface area contributed by atoms with E-state index >= 15 is 0 Å². The van der Waals surface area contributed by atoms with Crippen molar-refractivity contribution in [1.82, 2.24) is 19.9 Å². The largest absolute Gasteiger partial charge is 0.505 e. The topological polar surface area (TPSA) is 159 Å². The number of halogens is 1. The van der Waals surface area contributed by atoms with Crippen LogP contribution in [0.4, 0.5) is 17.2 Å². The molecule has 2 amide bonds. The molecule has 0 aliphatic carbocycles. The van der Waals surface area contributed by atoms with Gasteiger partial charge in [0, 0.05) is 30.6 Å². The monoisotopic (exact) mass is 567 g/mol. The Kier molecular flexibility index (Phi) is 11.1. The third-order valence-corrected chi connectivity index (χ3v) is 6.58. The Morgan fingerprint density at radius 1 is 1.13 bits per heavy atom. The number of carbonyl (C=O) groups excluding carboxylic acids is 2. The van der Waals surface area contributed by atoms with Gasteiger partial charge in [-0.3, -0.25) is 9.59 Å². The van der Waals surface area contributed by atoms with Gasteiger partial charge in [-0.1, -0.05) is 47.6 Å². The summed E-state index contributed by atoms with van der Waals surface area (Å²) in [7, 11) is 0. The zero-order valence-corrected chi connectivity index (χ0v) is 23.1. The minimum atomic E-state index is -0.392. The number of hydrogen-bond donors (Lipinski definition) is 5. The van der Waals surface area contributed by atoms with Gasteiger partial charge < -0.3 is 26.5 Å². The number of aromatic amines is 1. The summed E-state index contributed by atoms with van der Waals surface area (Å²) in [5.74, 6) is -0.199. The molecule has 0 radical (unpaired) electrons. The fourth-order valence-corrected chi connectivity index (χ4v) is 4.32. The van der Waals surface area contributed by atoms with Gasteiger partial charge in [-0.2, -0.15) is 0 Å². The van der Waals surface area contributed by atoms with E-state index in [0.717, 1.165) is 28.6 Å². The van der Waals surface area contributed by atoms with Gasteiger partial charge >= 0.3 is 0 Å². The number of phenolic OH excluding ortho intramolecular Hbond substituents is 1. The number of thioether (sulfide) groups is 1. The first-order chi connectivity index (χ1) is 18.7. The molecule has 0 unspecified atom stereocenters. The van der Waals surface area contributed by atoms with Crippen LogP contribution in [0.3, 0.4) is 0 Å². The third-order valence-electron chi connectivity index (χ3n) is 5.54. The quantitative estimate of drug-likeness (QED) is 0.0761. The standard InChI is InChI=1S/C24H26ClN5O3S.C3H4N2/c1-14-6-3-9-17(15(14)2)27-21-12-19(25)29-24(30-21)34-13-22(32)28-18-10-4-7-16(23(18)33)8-5-11-20(26)31;1-2-5-3-4-1/h3-4,6-7,9-10,12,33H,5,8,11,13H2,1-2H3,(H2,26,31)(H,28,32)(H,27,29,30);1-3H,(H,4,5). The molecule has 4 aromatic rings. The summed E-state index contributed by atoms with van der Waals surface area (Å²) in [4.78, 5) is 38.5. The fraction of sp³-hybridized carbons (Fsp3) is 0.222. The number of aromatic nitrogens is 4. The van der Waals surface area contributed by atoms with Crippen LogP contribution in [0, 0.1) is 13.8 Å². The molecule has 2 aromatic carbocycles. The third kappa shape index (κ3) is 9.62. The molecule has 2 heterocycles. The smallest absolute Gasteiger partial charge is 0.234 e. The van der Waals surface area contributed by atoms with Gasteiger partial charge in [0.2, 0.25) is 11.8 Å². The van der Waals surface area contributed by atoms with Crippen LogP contribution in [0.2, 0.25) is 5.15 Å². The van der Waals surface area contributed by atoms with E-state index in [1.54, 1.807) is 43.0 Å². The van der Waals surface area contributed by atoms with Crippen molar-refractivity contribution >= 4 is 52.4 Å². The highest BCUT2D eigenvalue weighted by molar-refractivity contribution is 7.99. The number of carbonyl (C=O) groups is 2. The molecule has 39 heavy (non-hydrogen) atoms. The van der Waals surface area contributed by atoms with E-state index in [9.17, 15) is 14.7 Å². The summed E-state index contributed by atoms with van der Waals surface area (Å²) in [6.45, 7) is 4.05. The number of benzene rings is 2. The lowest BCUT2D eigenvalue weighted by atomic mass is 10.1. The van der Waals surface area contributed by atoms with Crippen molar-refractivity contribution < 1.29 is 14.7 Å².